The van der Waals surface area contributed by atoms with E-state index in [1.165, 1.54) is 10.4 Å². The van der Waals surface area contributed by atoms with Crippen molar-refractivity contribution >= 4 is 10.0 Å². The predicted molar refractivity (Wildman–Crippen MR) is 84.1 cm³/mol. The smallest absolute Gasteiger partial charge is 0.243 e. The summed E-state index contributed by atoms with van der Waals surface area (Å²) in [5, 5.41) is 20.0. The summed E-state index contributed by atoms with van der Waals surface area (Å²) >= 11 is 0. The van der Waals surface area contributed by atoms with Gasteiger partial charge in [-0.15, -0.1) is 0 Å². The number of rotatable bonds is 4. The Morgan fingerprint density at radius 1 is 1.13 bits per heavy atom. The van der Waals surface area contributed by atoms with Crippen LogP contribution in [-0.2, 0) is 16.4 Å². The van der Waals surface area contributed by atoms with Crippen LogP contribution in [0.3, 0.4) is 0 Å². The minimum atomic E-state index is -3.75. The number of aromatic nitrogens is 1. The van der Waals surface area contributed by atoms with Gasteiger partial charge in [0.15, 0.2) is 0 Å². The van der Waals surface area contributed by atoms with Gasteiger partial charge in [0.2, 0.25) is 10.0 Å². The summed E-state index contributed by atoms with van der Waals surface area (Å²) in [7, 11) is -3.75. The second-order valence-electron chi connectivity index (χ2n) is 5.45. The van der Waals surface area contributed by atoms with Crippen molar-refractivity contribution in [1.29, 1.82) is 0 Å². The lowest BCUT2D eigenvalue weighted by atomic mass is 9.96. The molecule has 0 fully saturated rings. The van der Waals surface area contributed by atoms with Gasteiger partial charge in [-0.05, 0) is 30.2 Å². The average molecular weight is 334 g/mol. The fraction of sp³-hybridized carbons (Fsp3) is 0.312. The number of aliphatic hydroxyl groups excluding tert-OH is 2. The Kier molecular flexibility index (Phi) is 4.45. The van der Waals surface area contributed by atoms with Gasteiger partial charge in [-0.1, -0.05) is 18.2 Å². The van der Waals surface area contributed by atoms with Crippen LogP contribution in [0.15, 0.2) is 53.7 Å². The van der Waals surface area contributed by atoms with Crippen LogP contribution in [0.25, 0.3) is 0 Å². The first kappa shape index (κ1) is 16.1. The first-order chi connectivity index (χ1) is 11.1. The average Bonchev–Trinajstić information content (AvgIpc) is 2.57. The summed E-state index contributed by atoms with van der Waals surface area (Å²) in [5.74, 6) is 0. The fourth-order valence-electron chi connectivity index (χ4n) is 2.99. The van der Waals surface area contributed by atoms with Crippen molar-refractivity contribution < 1.29 is 18.6 Å². The second kappa shape index (κ2) is 6.37. The quantitative estimate of drug-likeness (QED) is 0.860. The van der Waals surface area contributed by atoms with Crippen molar-refractivity contribution in [2.45, 2.75) is 23.5 Å². The van der Waals surface area contributed by atoms with E-state index in [-0.39, 0.29) is 18.0 Å². The van der Waals surface area contributed by atoms with Gasteiger partial charge in [-0.3, -0.25) is 4.98 Å². The third kappa shape index (κ3) is 2.88. The molecule has 1 aromatic carbocycles. The molecule has 1 aliphatic heterocycles. The van der Waals surface area contributed by atoms with Crippen molar-refractivity contribution in [3.05, 3.63) is 59.9 Å². The van der Waals surface area contributed by atoms with E-state index in [0.717, 1.165) is 5.56 Å². The van der Waals surface area contributed by atoms with E-state index in [4.69, 9.17) is 0 Å². The van der Waals surface area contributed by atoms with E-state index in [2.05, 4.69) is 4.98 Å². The highest BCUT2D eigenvalue weighted by atomic mass is 32.2. The molecular formula is C16H18N2O4S. The maximum atomic E-state index is 12.8. The lowest BCUT2D eigenvalue weighted by Gasteiger charge is -2.39. The van der Waals surface area contributed by atoms with Crippen molar-refractivity contribution in [3.63, 3.8) is 0 Å². The van der Waals surface area contributed by atoms with Crippen LogP contribution in [0.1, 0.15) is 17.2 Å². The molecule has 0 bridgehead atoms. The molecule has 3 rings (SSSR count). The van der Waals surface area contributed by atoms with Crippen molar-refractivity contribution in [3.8, 4) is 0 Å². The Morgan fingerprint density at radius 2 is 1.83 bits per heavy atom. The molecule has 0 radical (unpaired) electrons. The molecule has 2 heterocycles. The summed E-state index contributed by atoms with van der Waals surface area (Å²) in [6, 6.07) is 9.37. The number of benzene rings is 1. The van der Waals surface area contributed by atoms with Gasteiger partial charge in [0.25, 0.3) is 0 Å². The highest BCUT2D eigenvalue weighted by molar-refractivity contribution is 7.89. The van der Waals surface area contributed by atoms with Crippen molar-refractivity contribution in [2.75, 3.05) is 13.2 Å². The number of pyridine rings is 1. The first-order valence-electron chi connectivity index (χ1n) is 7.34. The number of β-amino-alcohol motifs (C(OH)–C–C–N with tert-alkyl or cyclic N) is 1. The van der Waals surface area contributed by atoms with Gasteiger partial charge >= 0.3 is 0 Å². The van der Waals surface area contributed by atoms with E-state index >= 15 is 0 Å². The number of fused-ring (bicyclic) bond motifs is 1. The summed E-state index contributed by atoms with van der Waals surface area (Å²) in [5.41, 5.74) is 1.28. The Balaban J connectivity index is 2.07. The van der Waals surface area contributed by atoms with Gasteiger partial charge in [-0.25, -0.2) is 8.42 Å². The molecule has 2 atom stereocenters. The SMILES string of the molecule is O=S1(=O)c2ccccc2[C@@H](O)[C@H](Cc2ccncc2)N1CCO. The van der Waals surface area contributed by atoms with Crippen LogP contribution in [0, 0.1) is 0 Å². The van der Waals surface area contributed by atoms with E-state index in [9.17, 15) is 18.6 Å². The molecule has 2 aromatic rings. The largest absolute Gasteiger partial charge is 0.395 e. The van der Waals surface area contributed by atoms with Crippen molar-refractivity contribution in [1.82, 2.24) is 9.29 Å². The van der Waals surface area contributed by atoms with Crippen LogP contribution >= 0.6 is 0 Å². The minimum absolute atomic E-state index is 0.0521. The normalized spacial score (nSPS) is 23.4. The van der Waals surface area contributed by atoms with E-state index in [0.29, 0.717) is 12.0 Å². The minimum Gasteiger partial charge on any atom is -0.395 e. The second-order valence-corrected chi connectivity index (χ2v) is 7.31. The third-order valence-electron chi connectivity index (χ3n) is 4.07. The Morgan fingerprint density at radius 3 is 2.52 bits per heavy atom. The Labute approximate surface area is 135 Å². The van der Waals surface area contributed by atoms with E-state index in [1.54, 1.807) is 42.7 Å². The van der Waals surface area contributed by atoms with Crippen LogP contribution < -0.4 is 0 Å². The van der Waals surface area contributed by atoms with Crippen LogP contribution in [0.2, 0.25) is 0 Å². The highest BCUT2D eigenvalue weighted by Crippen LogP contribution is 2.37. The zero-order chi connectivity index (χ0) is 16.4. The van der Waals surface area contributed by atoms with Crippen LogP contribution in [0.5, 0.6) is 0 Å². The maximum Gasteiger partial charge on any atom is 0.243 e. The topological polar surface area (TPSA) is 90.7 Å². The zero-order valence-electron chi connectivity index (χ0n) is 12.4. The fourth-order valence-corrected chi connectivity index (χ4v) is 4.85. The molecule has 23 heavy (non-hydrogen) atoms. The highest BCUT2D eigenvalue weighted by Gasteiger charge is 2.43. The molecule has 1 aliphatic rings. The molecule has 6 nitrogen and oxygen atoms in total. The molecule has 0 aliphatic carbocycles. The molecular weight excluding hydrogens is 316 g/mol. The van der Waals surface area contributed by atoms with Gasteiger partial charge in [0.05, 0.1) is 23.6 Å². The van der Waals surface area contributed by atoms with E-state index < -0.39 is 22.2 Å². The molecule has 0 unspecified atom stereocenters. The van der Waals surface area contributed by atoms with Crippen LogP contribution in [0.4, 0.5) is 0 Å². The molecule has 1 aromatic heterocycles. The van der Waals surface area contributed by atoms with Crippen LogP contribution in [-0.4, -0.2) is 47.1 Å². The standard InChI is InChI=1S/C16H18N2O4S/c19-10-9-18-14(11-12-5-7-17-8-6-12)16(20)13-3-1-2-4-15(13)23(18,21)22/h1-8,14,16,19-20H,9-11H2/t14-,16+/m0/s1. The summed E-state index contributed by atoms with van der Waals surface area (Å²) in [6.07, 6.45) is 2.65. The lowest BCUT2D eigenvalue weighted by Crippen LogP contribution is -2.50. The molecule has 0 saturated carbocycles. The number of sulfonamides is 1. The number of hydrogen-bond donors (Lipinski definition) is 2. The number of aliphatic hydroxyl groups is 2. The summed E-state index contributed by atoms with van der Waals surface area (Å²) in [4.78, 5) is 4.05. The Bertz CT molecular complexity index is 780. The third-order valence-corrected chi connectivity index (χ3v) is 6.07. The van der Waals surface area contributed by atoms with Gasteiger partial charge in [0, 0.05) is 24.5 Å². The molecule has 122 valence electrons. The van der Waals surface area contributed by atoms with Gasteiger partial charge in [0.1, 0.15) is 0 Å². The predicted octanol–water partition coefficient (Wildman–Crippen LogP) is 0.723. The van der Waals surface area contributed by atoms with Gasteiger partial charge in [-0.2, -0.15) is 4.31 Å². The maximum absolute atomic E-state index is 12.8. The first-order valence-corrected chi connectivity index (χ1v) is 8.78. The Hall–Kier alpha value is -1.80. The summed E-state index contributed by atoms with van der Waals surface area (Å²) in [6.45, 7) is -0.357. The lowest BCUT2D eigenvalue weighted by molar-refractivity contribution is 0.0724. The van der Waals surface area contributed by atoms with E-state index in [1.807, 2.05) is 0 Å². The number of hydrogen-bond acceptors (Lipinski definition) is 5. The van der Waals surface area contributed by atoms with Gasteiger partial charge < -0.3 is 10.2 Å². The molecule has 0 spiro atoms. The van der Waals surface area contributed by atoms with Crippen molar-refractivity contribution in [2.24, 2.45) is 0 Å². The molecule has 7 heteroatoms. The molecule has 0 amide bonds. The zero-order valence-corrected chi connectivity index (χ0v) is 13.2. The monoisotopic (exact) mass is 334 g/mol. The number of nitrogens with zero attached hydrogens (tertiary/aromatic N) is 2. The summed E-state index contributed by atoms with van der Waals surface area (Å²) < 4.78 is 26.9. The molecule has 0 saturated heterocycles. The molecule has 2 N–H and O–H groups in total.